The molecule has 0 bridgehead atoms. The molecule has 18 rings (SSSR count). The summed E-state index contributed by atoms with van der Waals surface area (Å²) in [7, 11) is 0. The van der Waals surface area contributed by atoms with Crippen LogP contribution in [0.3, 0.4) is 0 Å². The molecule has 0 unspecified atom stereocenters. The number of rotatable bonds is 5. The van der Waals surface area contributed by atoms with Gasteiger partial charge in [0.1, 0.15) is 0 Å². The maximum Gasteiger partial charge on any atom is 0.0468 e. The highest BCUT2D eigenvalue weighted by Crippen LogP contribution is 2.46. The normalized spacial score (nSPS) is 11.8. The molecule has 0 atom stereocenters. The van der Waals surface area contributed by atoms with Crippen LogP contribution >= 0.6 is 84.0 Å². The van der Waals surface area contributed by atoms with Gasteiger partial charge >= 0.3 is 0 Å². The molecule has 0 spiro atoms. The number of benzene rings is 12. The predicted octanol–water partition coefficient (Wildman–Crippen LogP) is 25.1. The second-order valence-corrected chi connectivity index (χ2v) is 27.9. The molecule has 1 nitrogen and oxygen atoms in total. The lowest BCUT2D eigenvalue weighted by Crippen LogP contribution is -2.09. The quantitative estimate of drug-likeness (QED) is 0.166. The molecule has 0 fully saturated rings. The van der Waals surface area contributed by atoms with Gasteiger partial charge in [-0.05, 0) is 151 Å². The molecular formula is C73H44BrNS6. The molecule has 6 aromatic heterocycles. The van der Waals surface area contributed by atoms with E-state index in [0.717, 1.165) is 10.9 Å². The van der Waals surface area contributed by atoms with Crippen LogP contribution in [0.5, 0.6) is 0 Å². The first-order valence-corrected chi connectivity index (χ1v) is 32.6. The van der Waals surface area contributed by atoms with Crippen LogP contribution < -0.4 is 4.90 Å². The Kier molecular flexibility index (Phi) is 12.3. The Labute approximate surface area is 499 Å². The van der Waals surface area contributed by atoms with Crippen molar-refractivity contribution in [3.63, 3.8) is 0 Å². The van der Waals surface area contributed by atoms with E-state index in [4.69, 9.17) is 0 Å². The van der Waals surface area contributed by atoms with Crippen LogP contribution in [0.1, 0.15) is 11.1 Å². The number of thiophene rings is 6. The molecule has 0 aliphatic heterocycles. The molecule has 12 aromatic carbocycles. The SMILES string of the molecule is Brc1ccc2sc3ccccc3c2c1.c1ccc2c(c1)sc1ccc(Cc3ccc4sc5ccccc5c4c3)cc12.c1ccc2c(c1)sc1ccc(N(c3ccc4sc5ccccc5c4c3)c3ccc4sc5ccccc5c4c3)cc12. The maximum absolute atomic E-state index is 3.51. The minimum Gasteiger partial charge on any atom is -0.310 e. The number of halogens is 1. The fraction of sp³-hybridized carbons (Fsp3) is 0.0137. The predicted molar refractivity (Wildman–Crippen MR) is 368 cm³/mol. The molecule has 0 aliphatic rings. The van der Waals surface area contributed by atoms with Gasteiger partial charge in [-0.3, -0.25) is 0 Å². The Morgan fingerprint density at radius 1 is 0.222 bits per heavy atom. The summed E-state index contributed by atoms with van der Waals surface area (Å²) >= 11 is 14.7. The standard InChI is InChI=1S/C36H21NS3.C25H16S2.C12H7BrS/c1-4-10-31-25(7-1)28-19-22(13-16-34(28)38-31)37(23-14-17-35-29(20-23)26-8-2-5-11-32(26)39-35)24-15-18-36-30(21-24)27-9-3-6-12-33(27)40-36;1-3-7-22-18(5-1)20-14-16(9-11-24(20)26-22)13-17-10-12-25-21(15-17)19-6-2-4-8-23(19)27-25;13-8-5-6-12-10(7-8)9-3-1-2-4-11(9)14-12/h1-21H;1-12,14-15H,13H2;1-7H. The summed E-state index contributed by atoms with van der Waals surface area (Å²) in [4.78, 5) is 2.43. The van der Waals surface area contributed by atoms with Crippen molar-refractivity contribution in [1.29, 1.82) is 0 Å². The number of hydrogen-bond donors (Lipinski definition) is 0. The van der Waals surface area contributed by atoms with Crippen LogP contribution in [0.25, 0.3) is 121 Å². The van der Waals surface area contributed by atoms with Gasteiger partial charge in [-0.1, -0.05) is 137 Å². The third kappa shape index (κ3) is 8.89. The highest BCUT2D eigenvalue weighted by Gasteiger charge is 2.19. The maximum atomic E-state index is 3.51. The Morgan fingerprint density at radius 3 is 0.765 bits per heavy atom. The zero-order valence-corrected chi connectivity index (χ0v) is 49.7. The minimum absolute atomic E-state index is 0.972. The van der Waals surface area contributed by atoms with Crippen LogP contribution in [-0.4, -0.2) is 0 Å². The lowest BCUT2D eigenvalue weighted by molar-refractivity contribution is 1.21. The van der Waals surface area contributed by atoms with Gasteiger partial charge < -0.3 is 4.90 Å². The lowest BCUT2D eigenvalue weighted by atomic mass is 10.0. The van der Waals surface area contributed by atoms with E-state index in [1.165, 1.54) is 149 Å². The van der Waals surface area contributed by atoms with E-state index in [0.29, 0.717) is 0 Å². The number of nitrogens with zero attached hydrogens (tertiary/aromatic N) is 1. The molecule has 0 radical (unpaired) electrons. The molecule has 6 heterocycles. The van der Waals surface area contributed by atoms with E-state index in [1.807, 2.05) is 68.0 Å². The Balaban J connectivity index is 0.000000113. The van der Waals surface area contributed by atoms with Gasteiger partial charge in [0.15, 0.2) is 0 Å². The zero-order valence-electron chi connectivity index (χ0n) is 43.2. The summed E-state index contributed by atoms with van der Waals surface area (Å²) < 4.78 is 17.3. The molecule has 0 aliphatic carbocycles. The van der Waals surface area contributed by atoms with Gasteiger partial charge in [-0.2, -0.15) is 0 Å². The van der Waals surface area contributed by atoms with Crippen LogP contribution in [0.15, 0.2) is 259 Å². The van der Waals surface area contributed by atoms with E-state index >= 15 is 0 Å². The van der Waals surface area contributed by atoms with E-state index in [2.05, 4.69) is 276 Å². The van der Waals surface area contributed by atoms with Crippen molar-refractivity contribution in [3.8, 4) is 0 Å². The minimum atomic E-state index is 0.972. The number of fused-ring (bicyclic) bond motifs is 18. The smallest absolute Gasteiger partial charge is 0.0468 e. The molecule has 8 heteroatoms. The second kappa shape index (κ2) is 20.3. The van der Waals surface area contributed by atoms with Crippen molar-refractivity contribution < 1.29 is 0 Å². The molecule has 0 amide bonds. The molecule has 18 aromatic rings. The zero-order chi connectivity index (χ0) is 53.5. The average Bonchev–Trinajstić information content (AvgIpc) is 4.44. The molecular weight excluding hydrogens is 1160 g/mol. The fourth-order valence-electron chi connectivity index (χ4n) is 11.7. The first-order valence-electron chi connectivity index (χ1n) is 26.9. The third-order valence-electron chi connectivity index (χ3n) is 15.5. The summed E-state index contributed by atoms with van der Waals surface area (Å²) in [6, 6.07) is 93.4. The van der Waals surface area contributed by atoms with Gasteiger partial charge in [-0.15, -0.1) is 68.0 Å². The third-order valence-corrected chi connectivity index (χ3v) is 22.9. The number of anilines is 3. The topological polar surface area (TPSA) is 3.24 Å². The van der Waals surface area contributed by atoms with Crippen LogP contribution in [0.4, 0.5) is 17.1 Å². The molecule has 81 heavy (non-hydrogen) atoms. The van der Waals surface area contributed by atoms with Gasteiger partial charge in [0.2, 0.25) is 0 Å². The van der Waals surface area contributed by atoms with Gasteiger partial charge in [0.05, 0.1) is 0 Å². The van der Waals surface area contributed by atoms with Gasteiger partial charge in [0, 0.05) is 143 Å². The highest BCUT2D eigenvalue weighted by molar-refractivity contribution is 9.10. The van der Waals surface area contributed by atoms with E-state index in [-0.39, 0.29) is 0 Å². The summed E-state index contributed by atoms with van der Waals surface area (Å²) in [5, 5.41) is 16.1. The molecule has 0 saturated heterocycles. The second-order valence-electron chi connectivity index (χ2n) is 20.4. The van der Waals surface area contributed by atoms with Crippen molar-refractivity contribution in [3.05, 3.63) is 270 Å². The van der Waals surface area contributed by atoms with E-state index in [9.17, 15) is 0 Å². The molecule has 384 valence electrons. The molecule has 0 N–H and O–H groups in total. The average molecular weight is 1210 g/mol. The monoisotopic (exact) mass is 1210 g/mol. The van der Waals surface area contributed by atoms with E-state index < -0.39 is 0 Å². The first kappa shape index (κ1) is 49.1. The van der Waals surface area contributed by atoms with Crippen LogP contribution in [0.2, 0.25) is 0 Å². The number of hydrogen-bond acceptors (Lipinski definition) is 7. The van der Waals surface area contributed by atoms with Crippen LogP contribution in [0, 0.1) is 0 Å². The Hall–Kier alpha value is -7.76. The lowest BCUT2D eigenvalue weighted by Gasteiger charge is -2.26. The Bertz CT molecular complexity index is 5070. The van der Waals surface area contributed by atoms with Crippen molar-refractivity contribution in [2.75, 3.05) is 4.90 Å². The van der Waals surface area contributed by atoms with Crippen molar-refractivity contribution in [2.24, 2.45) is 0 Å². The highest BCUT2D eigenvalue weighted by atomic mass is 79.9. The molecule has 0 saturated carbocycles. The summed E-state index contributed by atoms with van der Waals surface area (Å²) in [6.07, 6.45) is 0.972. The van der Waals surface area contributed by atoms with E-state index in [1.54, 1.807) is 0 Å². The van der Waals surface area contributed by atoms with Gasteiger partial charge in [0.25, 0.3) is 0 Å². The summed E-state index contributed by atoms with van der Waals surface area (Å²) in [5.41, 5.74) is 6.28. The van der Waals surface area contributed by atoms with Crippen molar-refractivity contribution in [2.45, 2.75) is 6.42 Å². The first-order chi connectivity index (χ1) is 40.0. The largest absolute Gasteiger partial charge is 0.310 e. The Morgan fingerprint density at radius 2 is 0.457 bits per heavy atom. The fourth-order valence-corrected chi connectivity index (χ4v) is 18.6. The van der Waals surface area contributed by atoms with Crippen molar-refractivity contribution in [1.82, 2.24) is 0 Å². The van der Waals surface area contributed by atoms with Crippen molar-refractivity contribution >= 4 is 222 Å². The summed E-state index contributed by atoms with van der Waals surface area (Å²) in [5.74, 6) is 0. The summed E-state index contributed by atoms with van der Waals surface area (Å²) in [6.45, 7) is 0. The van der Waals surface area contributed by atoms with Gasteiger partial charge in [-0.25, -0.2) is 0 Å². The van der Waals surface area contributed by atoms with Crippen LogP contribution in [-0.2, 0) is 6.42 Å².